The SMILES string of the molecule is O=C(CC1CC2CCC1C2)c1ccc(F)c(F)c1F. The molecule has 1 nitrogen and oxygen atoms in total. The van der Waals surface area contributed by atoms with Crippen molar-refractivity contribution in [2.45, 2.75) is 32.1 Å². The van der Waals surface area contributed by atoms with E-state index in [0.29, 0.717) is 17.8 Å². The summed E-state index contributed by atoms with van der Waals surface area (Å²) >= 11 is 0. The van der Waals surface area contributed by atoms with Gasteiger partial charge in [0.05, 0.1) is 5.56 Å². The number of carbonyl (C=O) groups is 1. The first kappa shape index (κ1) is 12.7. The molecule has 2 aliphatic rings. The molecule has 0 heterocycles. The van der Waals surface area contributed by atoms with Gasteiger partial charge in [-0.1, -0.05) is 6.42 Å². The first-order chi connectivity index (χ1) is 9.06. The van der Waals surface area contributed by atoms with Gasteiger partial charge in [-0.15, -0.1) is 0 Å². The number of hydrogen-bond acceptors (Lipinski definition) is 1. The summed E-state index contributed by atoms with van der Waals surface area (Å²) in [6.45, 7) is 0. The Balaban J connectivity index is 1.76. The number of hydrogen-bond donors (Lipinski definition) is 0. The van der Waals surface area contributed by atoms with Gasteiger partial charge in [-0.3, -0.25) is 4.79 Å². The van der Waals surface area contributed by atoms with Gasteiger partial charge >= 0.3 is 0 Å². The van der Waals surface area contributed by atoms with Crippen molar-refractivity contribution in [1.29, 1.82) is 0 Å². The van der Waals surface area contributed by atoms with Crippen LogP contribution in [0.15, 0.2) is 12.1 Å². The number of ketones is 1. The Kier molecular flexibility index (Phi) is 3.11. The van der Waals surface area contributed by atoms with E-state index in [9.17, 15) is 18.0 Å². The maximum atomic E-state index is 13.5. The Morgan fingerprint density at radius 3 is 2.53 bits per heavy atom. The van der Waals surface area contributed by atoms with E-state index in [-0.39, 0.29) is 12.0 Å². The molecule has 19 heavy (non-hydrogen) atoms. The number of halogens is 3. The third-order valence-corrected chi connectivity index (χ3v) is 4.67. The lowest BCUT2D eigenvalue weighted by Crippen LogP contribution is -2.16. The quantitative estimate of drug-likeness (QED) is 0.595. The van der Waals surface area contributed by atoms with Gasteiger partial charge in [-0.25, -0.2) is 13.2 Å². The minimum atomic E-state index is -1.56. The molecular formula is C15H15F3O. The van der Waals surface area contributed by atoms with Crippen molar-refractivity contribution in [2.24, 2.45) is 17.8 Å². The molecule has 2 aliphatic carbocycles. The summed E-state index contributed by atoms with van der Waals surface area (Å²) in [5, 5.41) is 0. The smallest absolute Gasteiger partial charge is 0.195 e. The topological polar surface area (TPSA) is 17.1 Å². The predicted octanol–water partition coefficient (Wildman–Crippen LogP) is 4.11. The number of benzene rings is 1. The van der Waals surface area contributed by atoms with E-state index in [4.69, 9.17) is 0 Å². The monoisotopic (exact) mass is 268 g/mol. The summed E-state index contributed by atoms with van der Waals surface area (Å²) in [4.78, 5) is 12.0. The second-order valence-corrected chi connectivity index (χ2v) is 5.79. The van der Waals surface area contributed by atoms with Gasteiger partial charge in [0.25, 0.3) is 0 Å². The Bertz CT molecular complexity index is 526. The second kappa shape index (κ2) is 4.66. The predicted molar refractivity (Wildman–Crippen MR) is 64.2 cm³/mol. The van der Waals surface area contributed by atoms with Gasteiger partial charge < -0.3 is 0 Å². The van der Waals surface area contributed by atoms with E-state index in [1.807, 2.05) is 0 Å². The average Bonchev–Trinajstić information content (AvgIpc) is 2.98. The lowest BCUT2D eigenvalue weighted by atomic mass is 9.84. The van der Waals surface area contributed by atoms with E-state index >= 15 is 0 Å². The maximum Gasteiger partial charge on any atom is 0.195 e. The Morgan fingerprint density at radius 1 is 1.11 bits per heavy atom. The van der Waals surface area contributed by atoms with Crippen molar-refractivity contribution in [3.8, 4) is 0 Å². The van der Waals surface area contributed by atoms with Crippen molar-refractivity contribution < 1.29 is 18.0 Å². The fraction of sp³-hybridized carbons (Fsp3) is 0.533. The molecule has 0 saturated heterocycles. The van der Waals surface area contributed by atoms with Crippen molar-refractivity contribution in [1.82, 2.24) is 0 Å². The number of Topliss-reactive ketones (excluding diaryl/α,β-unsaturated/α-hetero) is 1. The summed E-state index contributed by atoms with van der Waals surface area (Å²) < 4.78 is 39.5. The molecule has 3 rings (SSSR count). The van der Waals surface area contributed by atoms with E-state index in [1.165, 1.54) is 6.42 Å². The third kappa shape index (κ3) is 2.17. The summed E-state index contributed by atoms with van der Waals surface area (Å²) in [5.74, 6) is -3.02. The van der Waals surface area contributed by atoms with Gasteiger partial charge in [0.1, 0.15) is 0 Å². The number of rotatable bonds is 3. The molecule has 0 aliphatic heterocycles. The maximum absolute atomic E-state index is 13.5. The fourth-order valence-electron chi connectivity index (χ4n) is 3.72. The van der Waals surface area contributed by atoms with E-state index in [1.54, 1.807) is 0 Å². The Hall–Kier alpha value is -1.32. The number of fused-ring (bicyclic) bond motifs is 2. The first-order valence-corrected chi connectivity index (χ1v) is 6.73. The normalized spacial score (nSPS) is 28.9. The van der Waals surface area contributed by atoms with Crippen LogP contribution in [-0.4, -0.2) is 5.78 Å². The lowest BCUT2D eigenvalue weighted by molar-refractivity contribution is 0.0939. The van der Waals surface area contributed by atoms with Crippen LogP contribution in [0.3, 0.4) is 0 Å². The molecule has 0 amide bonds. The first-order valence-electron chi connectivity index (χ1n) is 6.73. The van der Waals surface area contributed by atoms with Crippen LogP contribution in [0, 0.1) is 35.2 Å². The minimum Gasteiger partial charge on any atom is -0.294 e. The van der Waals surface area contributed by atoms with Crippen LogP contribution in [0.4, 0.5) is 13.2 Å². The molecule has 2 bridgehead atoms. The molecular weight excluding hydrogens is 253 g/mol. The van der Waals surface area contributed by atoms with Crippen LogP contribution in [0.2, 0.25) is 0 Å². The van der Waals surface area contributed by atoms with E-state index in [0.717, 1.165) is 31.4 Å². The highest BCUT2D eigenvalue weighted by Crippen LogP contribution is 2.49. The van der Waals surface area contributed by atoms with Crippen molar-refractivity contribution in [3.63, 3.8) is 0 Å². The van der Waals surface area contributed by atoms with Crippen molar-refractivity contribution in [2.75, 3.05) is 0 Å². The average molecular weight is 268 g/mol. The summed E-state index contributed by atoms with van der Waals surface area (Å²) in [7, 11) is 0. The summed E-state index contributed by atoms with van der Waals surface area (Å²) in [5.41, 5.74) is -0.318. The molecule has 102 valence electrons. The summed E-state index contributed by atoms with van der Waals surface area (Å²) in [6.07, 6.45) is 4.81. The summed E-state index contributed by atoms with van der Waals surface area (Å²) in [6, 6.07) is 1.86. The molecule has 2 fully saturated rings. The third-order valence-electron chi connectivity index (χ3n) is 4.67. The van der Waals surface area contributed by atoms with Crippen molar-refractivity contribution in [3.05, 3.63) is 35.1 Å². The van der Waals surface area contributed by atoms with E-state index in [2.05, 4.69) is 0 Å². The Morgan fingerprint density at radius 2 is 1.89 bits per heavy atom. The van der Waals surface area contributed by atoms with Crippen LogP contribution in [0.25, 0.3) is 0 Å². The van der Waals surface area contributed by atoms with Crippen LogP contribution in [-0.2, 0) is 0 Å². The molecule has 1 aromatic rings. The highest BCUT2D eigenvalue weighted by atomic mass is 19.2. The highest BCUT2D eigenvalue weighted by molar-refractivity contribution is 5.96. The zero-order valence-corrected chi connectivity index (χ0v) is 10.5. The standard InChI is InChI=1S/C15H15F3O/c16-12-4-3-11(14(17)15(12)18)13(19)7-10-6-8-1-2-9(10)5-8/h3-4,8-10H,1-2,5-7H2. The van der Waals surface area contributed by atoms with Gasteiger partial charge in [-0.2, -0.15) is 0 Å². The molecule has 0 radical (unpaired) electrons. The van der Waals surface area contributed by atoms with Crippen LogP contribution < -0.4 is 0 Å². The van der Waals surface area contributed by atoms with Crippen LogP contribution >= 0.6 is 0 Å². The molecule has 3 unspecified atom stereocenters. The van der Waals surface area contributed by atoms with Crippen LogP contribution in [0.5, 0.6) is 0 Å². The zero-order valence-electron chi connectivity index (χ0n) is 10.5. The minimum absolute atomic E-state index is 0.253. The Labute approximate surface area is 109 Å². The largest absolute Gasteiger partial charge is 0.294 e. The molecule has 2 saturated carbocycles. The number of carbonyl (C=O) groups excluding carboxylic acids is 1. The van der Waals surface area contributed by atoms with Gasteiger partial charge in [0, 0.05) is 6.42 Å². The molecule has 4 heteroatoms. The molecule has 0 aromatic heterocycles. The van der Waals surface area contributed by atoms with E-state index < -0.39 is 23.2 Å². The van der Waals surface area contributed by atoms with Gasteiger partial charge in [-0.05, 0) is 49.1 Å². The highest BCUT2D eigenvalue weighted by Gasteiger charge is 2.40. The molecule has 3 atom stereocenters. The lowest BCUT2D eigenvalue weighted by Gasteiger charge is -2.20. The zero-order chi connectivity index (χ0) is 13.6. The molecule has 0 N–H and O–H groups in total. The molecule has 1 aromatic carbocycles. The van der Waals surface area contributed by atoms with Gasteiger partial charge in [0.2, 0.25) is 0 Å². The molecule has 0 spiro atoms. The van der Waals surface area contributed by atoms with Crippen molar-refractivity contribution >= 4 is 5.78 Å². The second-order valence-electron chi connectivity index (χ2n) is 5.79. The van der Waals surface area contributed by atoms with Gasteiger partial charge in [0.15, 0.2) is 23.2 Å². The van der Waals surface area contributed by atoms with Crippen LogP contribution in [0.1, 0.15) is 42.5 Å². The fourth-order valence-corrected chi connectivity index (χ4v) is 3.72.